The molecule has 0 radical (unpaired) electrons. The van der Waals surface area contributed by atoms with Gasteiger partial charge in [-0.3, -0.25) is 15.2 Å². The first kappa shape index (κ1) is 12.5. The zero-order valence-corrected chi connectivity index (χ0v) is 10.1. The molecule has 1 aromatic rings. The molecule has 6 heteroatoms. The van der Waals surface area contributed by atoms with E-state index in [1.165, 1.54) is 11.3 Å². The summed E-state index contributed by atoms with van der Waals surface area (Å²) < 4.78 is 4.96. The SMILES string of the molecule is CC(C)CN(NC(=O)c1ccco1)C(N)=S. The summed E-state index contributed by atoms with van der Waals surface area (Å²) in [6.45, 7) is 4.57. The largest absolute Gasteiger partial charge is 0.459 e. The summed E-state index contributed by atoms with van der Waals surface area (Å²) in [6, 6.07) is 3.21. The second-order valence-corrected chi connectivity index (χ2v) is 4.18. The van der Waals surface area contributed by atoms with Crippen LogP contribution in [-0.2, 0) is 0 Å². The fraction of sp³-hybridized carbons (Fsp3) is 0.400. The number of amides is 1. The van der Waals surface area contributed by atoms with Crippen LogP contribution >= 0.6 is 12.2 Å². The van der Waals surface area contributed by atoms with Crippen LogP contribution in [0.3, 0.4) is 0 Å². The summed E-state index contributed by atoms with van der Waals surface area (Å²) in [5.41, 5.74) is 8.08. The molecule has 0 saturated heterocycles. The highest BCUT2D eigenvalue weighted by molar-refractivity contribution is 7.80. The minimum Gasteiger partial charge on any atom is -0.459 e. The van der Waals surface area contributed by atoms with Gasteiger partial charge in [-0.1, -0.05) is 13.8 Å². The predicted octanol–water partition coefficient (Wildman–Crippen LogP) is 1.13. The van der Waals surface area contributed by atoms with E-state index in [0.29, 0.717) is 12.5 Å². The molecule has 16 heavy (non-hydrogen) atoms. The van der Waals surface area contributed by atoms with E-state index < -0.39 is 0 Å². The second-order valence-electron chi connectivity index (χ2n) is 3.76. The number of nitrogens with one attached hydrogen (secondary N) is 1. The zero-order valence-electron chi connectivity index (χ0n) is 9.27. The average molecular weight is 241 g/mol. The van der Waals surface area contributed by atoms with Crippen LogP contribution in [0.4, 0.5) is 0 Å². The normalized spacial score (nSPS) is 10.2. The standard InChI is InChI=1S/C10H15N3O2S/c1-7(2)6-13(10(11)16)12-9(14)8-4-3-5-15-8/h3-5,7H,6H2,1-2H3,(H2,11,16)(H,12,14). The third-order valence-electron chi connectivity index (χ3n) is 1.80. The van der Waals surface area contributed by atoms with Gasteiger partial charge in [-0.25, -0.2) is 0 Å². The Balaban J connectivity index is 2.62. The molecule has 1 aromatic heterocycles. The fourth-order valence-corrected chi connectivity index (χ4v) is 1.26. The number of nitrogens with zero attached hydrogens (tertiary/aromatic N) is 1. The molecule has 0 aliphatic carbocycles. The van der Waals surface area contributed by atoms with Crippen molar-refractivity contribution in [2.24, 2.45) is 11.7 Å². The number of hydrogen-bond donors (Lipinski definition) is 2. The lowest BCUT2D eigenvalue weighted by molar-refractivity contribution is 0.0833. The van der Waals surface area contributed by atoms with Gasteiger partial charge in [0.05, 0.1) is 6.26 Å². The minimum absolute atomic E-state index is 0.133. The van der Waals surface area contributed by atoms with Crippen LogP contribution in [0, 0.1) is 5.92 Å². The van der Waals surface area contributed by atoms with Gasteiger partial charge in [-0.2, -0.15) is 0 Å². The van der Waals surface area contributed by atoms with Crippen molar-refractivity contribution >= 4 is 23.2 Å². The number of thiocarbonyl (C=S) groups is 1. The van der Waals surface area contributed by atoms with Gasteiger partial charge in [-0.15, -0.1) is 0 Å². The number of rotatable bonds is 3. The van der Waals surface area contributed by atoms with E-state index in [1.807, 2.05) is 13.8 Å². The van der Waals surface area contributed by atoms with Crippen molar-refractivity contribution in [3.05, 3.63) is 24.2 Å². The van der Waals surface area contributed by atoms with Crippen LogP contribution in [0.2, 0.25) is 0 Å². The number of hydrogen-bond acceptors (Lipinski definition) is 3. The summed E-state index contributed by atoms with van der Waals surface area (Å²) in [6.07, 6.45) is 1.43. The number of carbonyl (C=O) groups is 1. The Morgan fingerprint density at radius 1 is 1.69 bits per heavy atom. The maximum absolute atomic E-state index is 11.6. The van der Waals surface area contributed by atoms with Gasteiger partial charge in [0.2, 0.25) is 0 Å². The van der Waals surface area contributed by atoms with E-state index >= 15 is 0 Å². The third kappa shape index (κ3) is 3.54. The Kier molecular flexibility index (Phi) is 4.30. The average Bonchev–Trinajstić information content (AvgIpc) is 2.68. The molecule has 1 rings (SSSR count). The smallest absolute Gasteiger partial charge is 0.305 e. The van der Waals surface area contributed by atoms with Crippen LogP contribution in [0.1, 0.15) is 24.4 Å². The third-order valence-corrected chi connectivity index (χ3v) is 2.02. The summed E-state index contributed by atoms with van der Waals surface area (Å²) in [5, 5.41) is 1.57. The molecule has 0 aromatic carbocycles. The van der Waals surface area contributed by atoms with E-state index in [9.17, 15) is 4.79 Å². The molecule has 0 atom stereocenters. The van der Waals surface area contributed by atoms with Gasteiger partial charge in [0.1, 0.15) is 0 Å². The number of furan rings is 1. The quantitative estimate of drug-likeness (QED) is 0.613. The van der Waals surface area contributed by atoms with Crippen LogP contribution < -0.4 is 11.2 Å². The molecule has 88 valence electrons. The summed E-state index contributed by atoms with van der Waals surface area (Å²) in [4.78, 5) is 11.6. The van der Waals surface area contributed by atoms with Gasteiger partial charge >= 0.3 is 5.91 Å². The van der Waals surface area contributed by atoms with E-state index in [1.54, 1.807) is 12.1 Å². The summed E-state index contributed by atoms with van der Waals surface area (Å²) in [7, 11) is 0. The van der Waals surface area contributed by atoms with Crippen molar-refractivity contribution in [2.75, 3.05) is 6.54 Å². The van der Waals surface area contributed by atoms with Crippen molar-refractivity contribution in [1.29, 1.82) is 0 Å². The lowest BCUT2D eigenvalue weighted by Gasteiger charge is -2.24. The number of hydrazine groups is 1. The van der Waals surface area contributed by atoms with E-state index in [-0.39, 0.29) is 16.8 Å². The molecule has 0 aliphatic rings. The second kappa shape index (κ2) is 5.50. The van der Waals surface area contributed by atoms with Crippen molar-refractivity contribution in [3.63, 3.8) is 0 Å². The van der Waals surface area contributed by atoms with Crippen LogP contribution in [0.15, 0.2) is 22.8 Å². The van der Waals surface area contributed by atoms with Crippen molar-refractivity contribution < 1.29 is 9.21 Å². The van der Waals surface area contributed by atoms with E-state index in [2.05, 4.69) is 5.43 Å². The lowest BCUT2D eigenvalue weighted by atomic mass is 10.2. The molecule has 5 nitrogen and oxygen atoms in total. The molecule has 0 spiro atoms. The van der Waals surface area contributed by atoms with Gasteiger partial charge in [0.15, 0.2) is 10.9 Å². The highest BCUT2D eigenvalue weighted by atomic mass is 32.1. The molecular weight excluding hydrogens is 226 g/mol. The molecule has 0 fully saturated rings. The molecule has 1 amide bonds. The van der Waals surface area contributed by atoms with Crippen LogP contribution in [-0.4, -0.2) is 22.6 Å². The van der Waals surface area contributed by atoms with Gasteiger partial charge in [0, 0.05) is 6.54 Å². The predicted molar refractivity (Wildman–Crippen MR) is 64.5 cm³/mol. The topological polar surface area (TPSA) is 71.5 Å². The monoisotopic (exact) mass is 241 g/mol. The highest BCUT2D eigenvalue weighted by Gasteiger charge is 2.15. The Hall–Kier alpha value is -1.56. The van der Waals surface area contributed by atoms with Gasteiger partial charge in [0.25, 0.3) is 0 Å². The van der Waals surface area contributed by atoms with Crippen molar-refractivity contribution in [1.82, 2.24) is 10.4 Å². The molecule has 0 aliphatic heterocycles. The first-order valence-electron chi connectivity index (χ1n) is 4.92. The Labute approximate surface area is 99.6 Å². The van der Waals surface area contributed by atoms with Crippen molar-refractivity contribution in [3.8, 4) is 0 Å². The molecule has 0 bridgehead atoms. The summed E-state index contributed by atoms with van der Waals surface area (Å²) in [5.74, 6) is 0.196. The molecule has 0 saturated carbocycles. The Morgan fingerprint density at radius 2 is 2.38 bits per heavy atom. The van der Waals surface area contributed by atoms with Crippen LogP contribution in [0.25, 0.3) is 0 Å². The maximum Gasteiger partial charge on any atom is 0.305 e. The molecule has 0 unspecified atom stereocenters. The fourth-order valence-electron chi connectivity index (χ4n) is 1.14. The Morgan fingerprint density at radius 3 is 2.81 bits per heavy atom. The van der Waals surface area contributed by atoms with E-state index in [0.717, 1.165) is 0 Å². The minimum atomic E-state index is -0.363. The maximum atomic E-state index is 11.6. The summed E-state index contributed by atoms with van der Waals surface area (Å²) >= 11 is 4.84. The van der Waals surface area contributed by atoms with Crippen LogP contribution in [0.5, 0.6) is 0 Å². The molecule has 3 N–H and O–H groups in total. The van der Waals surface area contributed by atoms with E-state index in [4.69, 9.17) is 22.4 Å². The number of carbonyl (C=O) groups excluding carboxylic acids is 1. The first-order valence-corrected chi connectivity index (χ1v) is 5.33. The molecule has 1 heterocycles. The zero-order chi connectivity index (χ0) is 12.1. The first-order chi connectivity index (χ1) is 7.50. The highest BCUT2D eigenvalue weighted by Crippen LogP contribution is 2.01. The van der Waals surface area contributed by atoms with Gasteiger partial charge in [-0.05, 0) is 30.3 Å². The van der Waals surface area contributed by atoms with Gasteiger partial charge < -0.3 is 10.2 Å². The van der Waals surface area contributed by atoms with Crippen molar-refractivity contribution in [2.45, 2.75) is 13.8 Å². The molecular formula is C10H15N3O2S. The number of nitrogens with two attached hydrogens (primary N) is 1. The lowest BCUT2D eigenvalue weighted by Crippen LogP contribution is -2.50. The Bertz CT molecular complexity index is 362.